The maximum atomic E-state index is 10.9. The molecular weight excluding hydrogens is 184 g/mol. The molecule has 2 N–H and O–H groups in total. The molecule has 0 amide bonds. The van der Waals surface area contributed by atoms with Gasteiger partial charge in [-0.25, -0.2) is 4.98 Å². The van der Waals surface area contributed by atoms with Crippen molar-refractivity contribution in [2.24, 2.45) is 0 Å². The van der Waals surface area contributed by atoms with Crippen LogP contribution in [0.25, 0.3) is 0 Å². The Morgan fingerprint density at radius 1 is 1.62 bits per heavy atom. The summed E-state index contributed by atoms with van der Waals surface area (Å²) in [5, 5.41) is 2.34. The summed E-state index contributed by atoms with van der Waals surface area (Å²) in [7, 11) is 0. The van der Waals surface area contributed by atoms with Crippen LogP contribution in [0.2, 0.25) is 0 Å². The smallest absolute Gasteiger partial charge is 0.180 e. The second-order valence-electron chi connectivity index (χ2n) is 2.44. The summed E-state index contributed by atoms with van der Waals surface area (Å²) in [6, 6.07) is 0. The van der Waals surface area contributed by atoms with Gasteiger partial charge in [0.1, 0.15) is 5.78 Å². The van der Waals surface area contributed by atoms with Crippen LogP contribution in [0, 0.1) is 0 Å². The molecule has 1 atom stereocenters. The fourth-order valence-corrected chi connectivity index (χ4v) is 1.36. The highest BCUT2D eigenvalue weighted by Crippen LogP contribution is 2.19. The summed E-state index contributed by atoms with van der Waals surface area (Å²) in [5.41, 5.74) is 6.19. The zero-order chi connectivity index (χ0) is 10.4. The highest BCUT2D eigenvalue weighted by atomic mass is 32.1. The van der Waals surface area contributed by atoms with Crippen molar-refractivity contribution in [3.63, 3.8) is 0 Å². The van der Waals surface area contributed by atoms with Gasteiger partial charge in [-0.15, -0.1) is 11.3 Å². The molecule has 0 saturated carbocycles. The van der Waals surface area contributed by atoms with Gasteiger partial charge in [0.25, 0.3) is 0 Å². The second-order valence-corrected chi connectivity index (χ2v) is 3.33. The topological polar surface area (TPSA) is 56.0 Å². The molecule has 0 aliphatic carbocycles. The summed E-state index contributed by atoms with van der Waals surface area (Å²) in [6.45, 7) is 7.39. The Labute approximate surface area is 83.0 Å². The van der Waals surface area contributed by atoms with Crippen molar-refractivity contribution < 1.29 is 4.79 Å². The van der Waals surface area contributed by atoms with Gasteiger partial charge >= 0.3 is 0 Å². The van der Waals surface area contributed by atoms with Gasteiger partial charge in [0.15, 0.2) is 5.13 Å². The summed E-state index contributed by atoms with van der Waals surface area (Å²) in [6.07, 6.45) is 0. The van der Waals surface area contributed by atoms with Crippen molar-refractivity contribution in [3.8, 4) is 0 Å². The quantitative estimate of drug-likeness (QED) is 0.797. The van der Waals surface area contributed by atoms with E-state index in [-0.39, 0.29) is 11.7 Å². The largest absolute Gasteiger partial charge is 0.375 e. The number of carbonyl (C=O) groups is 1. The van der Waals surface area contributed by atoms with Crippen molar-refractivity contribution in [1.82, 2.24) is 4.98 Å². The molecule has 0 aliphatic heterocycles. The average molecular weight is 200 g/mol. The number of hydrogen-bond acceptors (Lipinski definition) is 4. The van der Waals surface area contributed by atoms with Crippen LogP contribution in [0.5, 0.6) is 0 Å². The molecule has 0 aliphatic rings. The molecule has 74 valence electrons. The van der Waals surface area contributed by atoms with E-state index in [0.29, 0.717) is 5.13 Å². The predicted octanol–water partition coefficient (Wildman–Crippen LogP) is 2.44. The summed E-state index contributed by atoms with van der Waals surface area (Å²) < 4.78 is 0. The van der Waals surface area contributed by atoms with Crippen molar-refractivity contribution in [2.45, 2.75) is 33.6 Å². The minimum Gasteiger partial charge on any atom is -0.375 e. The van der Waals surface area contributed by atoms with E-state index >= 15 is 0 Å². The zero-order valence-electron chi connectivity index (χ0n) is 8.50. The van der Waals surface area contributed by atoms with Crippen LogP contribution in [0.3, 0.4) is 0 Å². The molecule has 1 aromatic rings. The van der Waals surface area contributed by atoms with E-state index in [1.807, 2.05) is 26.2 Å². The van der Waals surface area contributed by atoms with E-state index in [9.17, 15) is 4.79 Å². The summed E-state index contributed by atoms with van der Waals surface area (Å²) in [5.74, 6) is -0.00106. The lowest BCUT2D eigenvalue weighted by atomic mass is 10.1. The minimum absolute atomic E-state index is 0.121. The Morgan fingerprint density at radius 3 is 2.46 bits per heavy atom. The molecule has 1 heterocycles. The van der Waals surface area contributed by atoms with Crippen LogP contribution in [-0.2, 0) is 4.79 Å². The van der Waals surface area contributed by atoms with E-state index in [4.69, 9.17) is 5.73 Å². The van der Waals surface area contributed by atoms with Gasteiger partial charge in [-0.1, -0.05) is 13.8 Å². The minimum atomic E-state index is -0.122. The molecule has 0 spiro atoms. The van der Waals surface area contributed by atoms with Crippen molar-refractivity contribution in [1.29, 1.82) is 0 Å². The van der Waals surface area contributed by atoms with Crippen molar-refractivity contribution in [2.75, 3.05) is 5.73 Å². The average Bonchev–Trinajstić information content (AvgIpc) is 2.54. The van der Waals surface area contributed by atoms with Crippen LogP contribution in [-0.4, -0.2) is 10.8 Å². The van der Waals surface area contributed by atoms with Crippen LogP contribution in [0.1, 0.15) is 39.3 Å². The number of nitrogen functional groups attached to an aromatic ring is 1. The van der Waals surface area contributed by atoms with Gasteiger partial charge in [-0.05, 0) is 13.8 Å². The first-order chi connectivity index (χ1) is 6.11. The van der Waals surface area contributed by atoms with Crippen LogP contribution < -0.4 is 5.73 Å². The highest BCUT2D eigenvalue weighted by molar-refractivity contribution is 7.13. The fourth-order valence-electron chi connectivity index (χ4n) is 0.708. The van der Waals surface area contributed by atoms with Gasteiger partial charge in [-0.2, -0.15) is 0 Å². The first kappa shape index (κ1) is 12.1. The number of aromatic nitrogens is 1. The number of Topliss-reactive ketones (excluding diaryl/α,β-unsaturated/α-hetero) is 1. The number of rotatable bonds is 2. The first-order valence-corrected chi connectivity index (χ1v) is 5.20. The van der Waals surface area contributed by atoms with E-state index in [0.717, 1.165) is 5.69 Å². The molecule has 1 unspecified atom stereocenters. The molecule has 0 fully saturated rings. The van der Waals surface area contributed by atoms with E-state index in [1.165, 1.54) is 11.3 Å². The lowest BCUT2D eigenvalue weighted by Gasteiger charge is -2.00. The van der Waals surface area contributed by atoms with E-state index < -0.39 is 0 Å². The number of carbonyl (C=O) groups excluding carboxylic acids is 1. The highest BCUT2D eigenvalue weighted by Gasteiger charge is 2.12. The van der Waals surface area contributed by atoms with Gasteiger partial charge in [0.2, 0.25) is 0 Å². The number of thiazole rings is 1. The Hall–Kier alpha value is -0.900. The third-order valence-corrected chi connectivity index (χ3v) is 2.29. The van der Waals surface area contributed by atoms with Crippen LogP contribution in [0.15, 0.2) is 5.38 Å². The van der Waals surface area contributed by atoms with Crippen LogP contribution in [0.4, 0.5) is 5.13 Å². The predicted molar refractivity (Wildman–Crippen MR) is 57.0 cm³/mol. The molecule has 3 nitrogen and oxygen atoms in total. The fraction of sp³-hybridized carbons (Fsp3) is 0.556. The van der Waals surface area contributed by atoms with Gasteiger partial charge in [-0.3, -0.25) is 4.79 Å². The van der Waals surface area contributed by atoms with Gasteiger partial charge in [0.05, 0.1) is 11.6 Å². The summed E-state index contributed by atoms with van der Waals surface area (Å²) >= 11 is 1.36. The number of ketones is 1. The molecule has 0 aromatic carbocycles. The van der Waals surface area contributed by atoms with Gasteiger partial charge in [0, 0.05) is 5.38 Å². The van der Waals surface area contributed by atoms with E-state index in [2.05, 4.69) is 4.98 Å². The monoisotopic (exact) mass is 200 g/mol. The number of nitrogens with two attached hydrogens (primary N) is 1. The van der Waals surface area contributed by atoms with Gasteiger partial charge < -0.3 is 5.73 Å². The SMILES string of the molecule is CC.CC(=O)C(C)c1csc(N)n1. The Bertz CT molecular complexity index is 270. The van der Waals surface area contributed by atoms with Crippen LogP contribution >= 0.6 is 11.3 Å². The lowest BCUT2D eigenvalue weighted by molar-refractivity contribution is -0.118. The number of nitrogens with zero attached hydrogens (tertiary/aromatic N) is 1. The first-order valence-electron chi connectivity index (χ1n) is 4.32. The standard InChI is InChI=1S/C7H10N2OS.C2H6/c1-4(5(2)10)6-3-11-7(8)9-6;1-2/h3-4H,1-2H3,(H2,8,9);1-2H3. The molecule has 13 heavy (non-hydrogen) atoms. The van der Waals surface area contributed by atoms with Crippen molar-refractivity contribution >= 4 is 22.3 Å². The van der Waals surface area contributed by atoms with E-state index in [1.54, 1.807) is 6.92 Å². The third kappa shape index (κ3) is 3.55. The molecule has 1 rings (SSSR count). The zero-order valence-corrected chi connectivity index (χ0v) is 9.31. The molecule has 1 aromatic heterocycles. The molecule has 0 bridgehead atoms. The normalized spacial score (nSPS) is 11.4. The second kappa shape index (κ2) is 5.70. The number of anilines is 1. The number of hydrogen-bond donors (Lipinski definition) is 1. The Balaban J connectivity index is 0.000000671. The van der Waals surface area contributed by atoms with Crippen molar-refractivity contribution in [3.05, 3.63) is 11.1 Å². The molecular formula is C9H16N2OS. The maximum Gasteiger partial charge on any atom is 0.180 e. The molecule has 0 radical (unpaired) electrons. The third-order valence-electron chi connectivity index (χ3n) is 1.59. The Morgan fingerprint density at radius 2 is 2.15 bits per heavy atom. The summed E-state index contributed by atoms with van der Waals surface area (Å²) in [4.78, 5) is 14.9. The maximum absolute atomic E-state index is 10.9. The Kier molecular flexibility index (Phi) is 5.30. The lowest BCUT2D eigenvalue weighted by Crippen LogP contribution is -2.04. The molecule has 4 heteroatoms. The molecule has 0 saturated heterocycles.